The molecule has 0 bridgehead atoms. The number of ether oxygens (including phenoxy) is 2. The van der Waals surface area contributed by atoms with Crippen molar-refractivity contribution in [3.8, 4) is 11.8 Å². The van der Waals surface area contributed by atoms with E-state index in [0.29, 0.717) is 18.0 Å². The van der Waals surface area contributed by atoms with Crippen molar-refractivity contribution in [1.29, 1.82) is 0 Å². The van der Waals surface area contributed by atoms with Crippen LogP contribution in [0.1, 0.15) is 70.3 Å². The first-order chi connectivity index (χ1) is 15.4. The van der Waals surface area contributed by atoms with E-state index in [0.717, 1.165) is 64.0 Å². The first-order valence-electron chi connectivity index (χ1n) is 11.5. The minimum Gasteiger partial charge on any atom is -0.494 e. The highest BCUT2D eigenvalue weighted by atomic mass is 19.4. The predicted octanol–water partition coefficient (Wildman–Crippen LogP) is 6.93. The second kappa shape index (κ2) is 11.4. The molecule has 176 valence electrons. The van der Waals surface area contributed by atoms with E-state index in [4.69, 9.17) is 9.47 Å². The third-order valence-corrected chi connectivity index (χ3v) is 5.67. The average molecular weight is 452 g/mol. The number of halogens is 3. The molecule has 32 heavy (non-hydrogen) atoms. The van der Waals surface area contributed by atoms with Crippen molar-refractivity contribution >= 4 is 11.5 Å². The van der Waals surface area contributed by atoms with Crippen LogP contribution in [0.4, 0.5) is 24.7 Å². The predicted molar refractivity (Wildman–Crippen MR) is 119 cm³/mol. The molecule has 0 aliphatic heterocycles. The number of hydrogen-bond acceptors (Lipinski definition) is 5. The highest BCUT2D eigenvalue weighted by molar-refractivity contribution is 5.64. The SMILES string of the molecule is CCCCCCOc1cccc(N(C)c2nc(OC3CCCCC3)ncc2C(F)(F)F)c1. The molecule has 0 N–H and O–H groups in total. The maximum Gasteiger partial charge on any atom is 0.421 e. The Hall–Kier alpha value is -2.51. The van der Waals surface area contributed by atoms with E-state index < -0.39 is 11.7 Å². The molecule has 2 aromatic rings. The molecule has 1 aromatic heterocycles. The van der Waals surface area contributed by atoms with Gasteiger partial charge in [-0.25, -0.2) is 4.98 Å². The van der Waals surface area contributed by atoms with E-state index in [-0.39, 0.29) is 17.9 Å². The van der Waals surface area contributed by atoms with Gasteiger partial charge in [-0.1, -0.05) is 38.7 Å². The average Bonchev–Trinajstić information content (AvgIpc) is 2.78. The zero-order valence-electron chi connectivity index (χ0n) is 18.8. The van der Waals surface area contributed by atoms with Crippen molar-refractivity contribution in [2.24, 2.45) is 0 Å². The second-order valence-corrected chi connectivity index (χ2v) is 8.23. The van der Waals surface area contributed by atoms with Crippen LogP contribution in [-0.4, -0.2) is 29.7 Å². The van der Waals surface area contributed by atoms with Crippen LogP contribution >= 0.6 is 0 Å². The van der Waals surface area contributed by atoms with Crippen molar-refractivity contribution in [3.63, 3.8) is 0 Å². The molecular weight excluding hydrogens is 419 g/mol. The Balaban J connectivity index is 1.79. The van der Waals surface area contributed by atoms with E-state index in [9.17, 15) is 13.2 Å². The first kappa shape index (κ1) is 24.1. The molecule has 0 unspecified atom stereocenters. The van der Waals surface area contributed by atoms with Crippen molar-refractivity contribution in [1.82, 2.24) is 9.97 Å². The third kappa shape index (κ3) is 6.74. The van der Waals surface area contributed by atoms with Crippen LogP contribution in [0.25, 0.3) is 0 Å². The monoisotopic (exact) mass is 451 g/mol. The summed E-state index contributed by atoms with van der Waals surface area (Å²) >= 11 is 0. The van der Waals surface area contributed by atoms with Crippen LogP contribution in [0, 0.1) is 0 Å². The summed E-state index contributed by atoms with van der Waals surface area (Å²) in [5.41, 5.74) is -0.356. The maximum absolute atomic E-state index is 13.7. The summed E-state index contributed by atoms with van der Waals surface area (Å²) in [5, 5.41) is 0. The Morgan fingerprint density at radius 2 is 1.88 bits per heavy atom. The van der Waals surface area contributed by atoms with Crippen molar-refractivity contribution in [3.05, 3.63) is 36.0 Å². The fourth-order valence-corrected chi connectivity index (χ4v) is 3.82. The lowest BCUT2D eigenvalue weighted by Gasteiger charge is -2.25. The summed E-state index contributed by atoms with van der Waals surface area (Å²) in [6.45, 7) is 2.72. The molecule has 0 saturated heterocycles. The van der Waals surface area contributed by atoms with Crippen LogP contribution in [-0.2, 0) is 6.18 Å². The van der Waals surface area contributed by atoms with E-state index in [1.54, 1.807) is 31.3 Å². The molecule has 1 fully saturated rings. The summed E-state index contributed by atoms with van der Waals surface area (Å²) in [7, 11) is 1.56. The molecule has 3 rings (SSSR count). The van der Waals surface area contributed by atoms with Gasteiger partial charge in [0.25, 0.3) is 0 Å². The van der Waals surface area contributed by atoms with E-state index in [1.165, 1.54) is 4.90 Å². The van der Waals surface area contributed by atoms with E-state index in [1.807, 2.05) is 0 Å². The molecule has 1 aliphatic rings. The quantitative estimate of drug-likeness (QED) is 0.366. The lowest BCUT2D eigenvalue weighted by Crippen LogP contribution is -2.23. The standard InChI is InChI=1S/C24H32F3N3O2/c1-3-4-5-9-15-31-20-14-10-11-18(16-20)30(2)22-21(24(25,26)27)17-28-23(29-22)32-19-12-7-6-8-13-19/h10-11,14,16-17,19H,3-9,12-13,15H2,1-2H3. The number of anilines is 2. The van der Waals surface area contributed by atoms with Gasteiger partial charge in [0.2, 0.25) is 0 Å². The molecule has 1 saturated carbocycles. The fraction of sp³-hybridized carbons (Fsp3) is 0.583. The van der Waals surface area contributed by atoms with Crippen molar-refractivity contribution in [2.75, 3.05) is 18.6 Å². The fourth-order valence-electron chi connectivity index (χ4n) is 3.82. The highest BCUT2D eigenvalue weighted by Gasteiger charge is 2.37. The molecule has 0 atom stereocenters. The molecule has 8 heteroatoms. The summed E-state index contributed by atoms with van der Waals surface area (Å²) < 4.78 is 52.7. The molecule has 0 amide bonds. The molecule has 1 aliphatic carbocycles. The normalized spacial score (nSPS) is 14.9. The number of nitrogens with zero attached hydrogens (tertiary/aromatic N) is 3. The highest BCUT2D eigenvalue weighted by Crippen LogP contribution is 2.38. The molecule has 0 spiro atoms. The Kier molecular flexibility index (Phi) is 8.59. The Morgan fingerprint density at radius 1 is 1.09 bits per heavy atom. The molecule has 5 nitrogen and oxygen atoms in total. The van der Waals surface area contributed by atoms with E-state index >= 15 is 0 Å². The lowest BCUT2D eigenvalue weighted by atomic mass is 9.98. The molecule has 0 radical (unpaired) electrons. The number of rotatable bonds is 10. The van der Waals surface area contributed by atoms with Gasteiger partial charge in [0.15, 0.2) is 5.82 Å². The van der Waals surface area contributed by atoms with Gasteiger partial charge in [0.1, 0.15) is 17.4 Å². The van der Waals surface area contributed by atoms with Crippen LogP contribution in [0.3, 0.4) is 0 Å². The first-order valence-corrected chi connectivity index (χ1v) is 11.5. The van der Waals surface area contributed by atoms with Crippen molar-refractivity contribution in [2.45, 2.75) is 77.0 Å². The van der Waals surface area contributed by atoms with Crippen LogP contribution in [0.15, 0.2) is 30.5 Å². The summed E-state index contributed by atoms with van der Waals surface area (Å²) in [5.74, 6) is 0.380. The number of aromatic nitrogens is 2. The minimum absolute atomic E-state index is 0.0184. The van der Waals surface area contributed by atoms with Gasteiger partial charge in [0, 0.05) is 25.0 Å². The molecule has 1 aromatic carbocycles. The topological polar surface area (TPSA) is 47.5 Å². The largest absolute Gasteiger partial charge is 0.494 e. The second-order valence-electron chi connectivity index (χ2n) is 8.23. The van der Waals surface area contributed by atoms with Gasteiger partial charge < -0.3 is 14.4 Å². The number of hydrogen-bond donors (Lipinski definition) is 0. The van der Waals surface area contributed by atoms with Gasteiger partial charge in [-0.05, 0) is 44.2 Å². The zero-order valence-corrected chi connectivity index (χ0v) is 18.8. The molecular formula is C24H32F3N3O2. The Labute approximate surface area is 188 Å². The van der Waals surface area contributed by atoms with Crippen LogP contribution < -0.4 is 14.4 Å². The van der Waals surface area contributed by atoms with Gasteiger partial charge in [-0.3, -0.25) is 0 Å². The van der Waals surface area contributed by atoms with Gasteiger partial charge in [0.05, 0.1) is 6.61 Å². The van der Waals surface area contributed by atoms with Crippen LogP contribution in [0.2, 0.25) is 0 Å². The van der Waals surface area contributed by atoms with E-state index in [2.05, 4.69) is 16.9 Å². The number of benzene rings is 1. The maximum atomic E-state index is 13.7. The third-order valence-electron chi connectivity index (χ3n) is 5.67. The smallest absolute Gasteiger partial charge is 0.421 e. The Morgan fingerprint density at radius 3 is 2.59 bits per heavy atom. The van der Waals surface area contributed by atoms with Gasteiger partial charge >= 0.3 is 12.2 Å². The lowest BCUT2D eigenvalue weighted by molar-refractivity contribution is -0.137. The number of alkyl halides is 3. The Bertz CT molecular complexity index is 855. The van der Waals surface area contributed by atoms with Crippen LogP contribution in [0.5, 0.6) is 11.8 Å². The van der Waals surface area contributed by atoms with Crippen molar-refractivity contribution < 1.29 is 22.6 Å². The summed E-state index contributed by atoms with van der Waals surface area (Å²) in [6.07, 6.45) is 5.49. The van der Waals surface area contributed by atoms with Gasteiger partial charge in [-0.15, -0.1) is 0 Å². The number of unbranched alkanes of at least 4 members (excludes halogenated alkanes) is 3. The minimum atomic E-state index is -4.58. The van der Waals surface area contributed by atoms with Gasteiger partial charge in [-0.2, -0.15) is 18.2 Å². The zero-order chi connectivity index (χ0) is 23.0. The molecule has 1 heterocycles. The summed E-state index contributed by atoms with van der Waals surface area (Å²) in [4.78, 5) is 9.43. The summed E-state index contributed by atoms with van der Waals surface area (Å²) in [6, 6.07) is 7.01.